The number of benzene rings is 1. The third-order valence-electron chi connectivity index (χ3n) is 11.2. The molecule has 3 atom stereocenters. The number of rotatable bonds is 19. The highest BCUT2D eigenvalue weighted by atomic mass is 16.5. The molecule has 0 fully saturated rings. The molecule has 47 heavy (non-hydrogen) atoms. The molecule has 3 unspecified atom stereocenters. The zero-order valence-corrected chi connectivity index (χ0v) is 32.5. The molecule has 2 rings (SSSR count). The van der Waals surface area contributed by atoms with E-state index in [1.807, 2.05) is 20.8 Å². The second-order valence-electron chi connectivity index (χ2n) is 16.7. The van der Waals surface area contributed by atoms with Crippen LogP contribution in [0.2, 0.25) is 0 Å². The van der Waals surface area contributed by atoms with Crippen LogP contribution in [0.4, 0.5) is 0 Å². The van der Waals surface area contributed by atoms with Crippen LogP contribution in [-0.4, -0.2) is 51.1 Å². The van der Waals surface area contributed by atoms with Gasteiger partial charge in [-0.1, -0.05) is 75.2 Å². The molecule has 1 heterocycles. The molecule has 0 amide bonds. The summed E-state index contributed by atoms with van der Waals surface area (Å²) in [6.45, 7) is 30.1. The van der Waals surface area contributed by atoms with Crippen LogP contribution in [0.1, 0.15) is 136 Å². The van der Waals surface area contributed by atoms with Crippen molar-refractivity contribution in [3.63, 3.8) is 0 Å². The van der Waals surface area contributed by atoms with Crippen molar-refractivity contribution in [3.8, 4) is 11.5 Å². The Balaban J connectivity index is 2.00. The van der Waals surface area contributed by atoms with Crippen molar-refractivity contribution >= 4 is 11.9 Å². The van der Waals surface area contributed by atoms with Gasteiger partial charge < -0.3 is 23.7 Å². The van der Waals surface area contributed by atoms with Gasteiger partial charge >= 0.3 is 11.9 Å². The highest BCUT2D eigenvalue weighted by Gasteiger charge is 2.46. The summed E-state index contributed by atoms with van der Waals surface area (Å²) in [5.41, 5.74) is 3.28. The van der Waals surface area contributed by atoms with Crippen LogP contribution in [0, 0.1) is 48.9 Å². The fourth-order valence-corrected chi connectivity index (χ4v) is 6.28. The molecule has 0 radical (unpaired) electrons. The fourth-order valence-electron chi connectivity index (χ4n) is 6.28. The highest BCUT2D eigenvalue weighted by molar-refractivity contribution is 5.80. The molecule has 7 nitrogen and oxygen atoms in total. The van der Waals surface area contributed by atoms with E-state index in [-0.39, 0.29) is 41.3 Å². The topological polar surface area (TPSA) is 80.3 Å². The van der Waals surface area contributed by atoms with Gasteiger partial charge in [-0.25, -0.2) is 0 Å². The Morgan fingerprint density at radius 3 is 2.13 bits per heavy atom. The van der Waals surface area contributed by atoms with E-state index in [2.05, 4.69) is 69.2 Å². The van der Waals surface area contributed by atoms with Gasteiger partial charge in [0.2, 0.25) is 0 Å². The predicted molar refractivity (Wildman–Crippen MR) is 190 cm³/mol. The number of hydrogen-bond acceptors (Lipinski definition) is 7. The smallest absolute Gasteiger partial charge is 0.311 e. The number of carbonyl (C=O) groups excluding carboxylic acids is 2. The predicted octanol–water partition coefficient (Wildman–Crippen LogP) is 9.52. The maximum Gasteiger partial charge on any atom is 0.311 e. The average Bonchev–Trinajstić information content (AvgIpc) is 2.99. The molecular weight excluding hydrogens is 592 g/mol. The summed E-state index contributed by atoms with van der Waals surface area (Å²) in [5, 5.41) is 0. The van der Waals surface area contributed by atoms with Crippen molar-refractivity contribution in [2.24, 2.45) is 28.1 Å². The van der Waals surface area contributed by atoms with Crippen LogP contribution in [-0.2, 0) is 30.2 Å². The average molecular weight is 661 g/mol. The van der Waals surface area contributed by atoms with Crippen LogP contribution < -0.4 is 9.47 Å². The van der Waals surface area contributed by atoms with Gasteiger partial charge in [0.25, 0.3) is 0 Å². The SMILES string of the molecule is CCC(C)(COCC(C)(C)COC)COC(=O)CCC(=O)Oc1c(C)c(C)c2c(c1C)CCC(C)(C(C)(C)CCCC(C)C(C)C)O2. The van der Waals surface area contributed by atoms with Crippen LogP contribution in [0.5, 0.6) is 11.5 Å². The summed E-state index contributed by atoms with van der Waals surface area (Å²) in [4.78, 5) is 25.6. The Labute approximate surface area is 287 Å². The van der Waals surface area contributed by atoms with Crippen LogP contribution in [0.3, 0.4) is 0 Å². The lowest BCUT2D eigenvalue weighted by Gasteiger charge is -2.48. The molecular formula is C40H68O7. The van der Waals surface area contributed by atoms with Crippen molar-refractivity contribution in [3.05, 3.63) is 22.3 Å². The Morgan fingerprint density at radius 1 is 0.894 bits per heavy atom. The van der Waals surface area contributed by atoms with Crippen LogP contribution in [0.15, 0.2) is 0 Å². The quantitative estimate of drug-likeness (QED) is 0.108. The molecule has 0 spiro atoms. The monoisotopic (exact) mass is 660 g/mol. The van der Waals surface area contributed by atoms with E-state index in [0.29, 0.717) is 31.5 Å². The lowest BCUT2D eigenvalue weighted by Crippen LogP contribution is -2.49. The summed E-state index contributed by atoms with van der Waals surface area (Å²) in [6.07, 6.45) is 6.03. The minimum atomic E-state index is -0.437. The number of methoxy groups -OCH3 is 1. The molecule has 0 saturated heterocycles. The molecule has 7 heteroatoms. The molecule has 1 aliphatic rings. The number of fused-ring (bicyclic) bond motifs is 1. The third-order valence-corrected chi connectivity index (χ3v) is 11.2. The lowest BCUT2D eigenvalue weighted by atomic mass is 9.68. The Morgan fingerprint density at radius 2 is 1.53 bits per heavy atom. The zero-order valence-electron chi connectivity index (χ0n) is 32.5. The van der Waals surface area contributed by atoms with Gasteiger partial charge in [-0.3, -0.25) is 9.59 Å². The first-order valence-electron chi connectivity index (χ1n) is 18.0. The number of hydrogen-bond donors (Lipinski definition) is 0. The van der Waals surface area contributed by atoms with Crippen LogP contribution >= 0.6 is 0 Å². The van der Waals surface area contributed by atoms with Crippen molar-refractivity contribution in [2.75, 3.05) is 33.5 Å². The van der Waals surface area contributed by atoms with Crippen molar-refractivity contribution < 1.29 is 33.3 Å². The molecule has 0 N–H and O–H groups in total. The van der Waals surface area contributed by atoms with Crippen molar-refractivity contribution in [1.82, 2.24) is 0 Å². The van der Waals surface area contributed by atoms with E-state index in [1.165, 1.54) is 12.8 Å². The summed E-state index contributed by atoms with van der Waals surface area (Å²) in [6, 6.07) is 0. The number of carbonyl (C=O) groups is 2. The first-order chi connectivity index (χ1) is 21.7. The Bertz CT molecular complexity index is 1200. The van der Waals surface area contributed by atoms with E-state index in [0.717, 1.165) is 59.6 Å². The Kier molecular flexibility index (Phi) is 14.9. The minimum Gasteiger partial charge on any atom is -0.486 e. The van der Waals surface area contributed by atoms with Gasteiger partial charge in [0.05, 0.1) is 39.3 Å². The van der Waals surface area contributed by atoms with Gasteiger partial charge in [0, 0.05) is 28.9 Å². The Hall–Kier alpha value is -2.12. The number of ether oxygens (including phenoxy) is 5. The van der Waals surface area contributed by atoms with E-state index in [1.54, 1.807) is 7.11 Å². The maximum absolute atomic E-state index is 13.0. The maximum atomic E-state index is 13.0. The van der Waals surface area contributed by atoms with E-state index >= 15 is 0 Å². The van der Waals surface area contributed by atoms with Crippen molar-refractivity contribution in [2.45, 2.75) is 147 Å². The van der Waals surface area contributed by atoms with Gasteiger partial charge in [-0.2, -0.15) is 0 Å². The highest BCUT2D eigenvalue weighted by Crippen LogP contribution is 2.50. The molecule has 1 aromatic rings. The largest absolute Gasteiger partial charge is 0.486 e. The second kappa shape index (κ2) is 17.0. The number of esters is 2. The van der Waals surface area contributed by atoms with Crippen molar-refractivity contribution in [1.29, 1.82) is 0 Å². The zero-order chi connectivity index (χ0) is 35.8. The molecule has 0 aromatic heterocycles. The van der Waals surface area contributed by atoms with Gasteiger partial charge in [0.1, 0.15) is 17.1 Å². The first-order valence-corrected chi connectivity index (χ1v) is 18.0. The standard InChI is InChI=1S/C40H68O7/c1-15-39(12,25-44-24-37(8,9)23-43-14)26-45-33(41)18-19-34(42)46-35-29(5)30(6)36-32(31(35)7)20-22-40(13,47-36)38(10,11)21-16-17-28(4)27(2)3/h27-28H,15-26H2,1-14H3. The van der Waals surface area contributed by atoms with E-state index < -0.39 is 11.9 Å². The molecule has 0 bridgehead atoms. The minimum absolute atomic E-state index is 0.0119. The van der Waals surface area contributed by atoms with Gasteiger partial charge in [-0.15, -0.1) is 0 Å². The molecule has 1 aliphatic heterocycles. The normalized spacial score (nSPS) is 18.7. The first kappa shape index (κ1) is 41.1. The summed E-state index contributed by atoms with van der Waals surface area (Å²) >= 11 is 0. The van der Waals surface area contributed by atoms with E-state index in [9.17, 15) is 9.59 Å². The molecule has 270 valence electrons. The van der Waals surface area contributed by atoms with E-state index in [4.69, 9.17) is 23.7 Å². The molecule has 0 saturated carbocycles. The van der Waals surface area contributed by atoms with Gasteiger partial charge in [0.15, 0.2) is 0 Å². The summed E-state index contributed by atoms with van der Waals surface area (Å²) in [5.74, 6) is 2.09. The summed E-state index contributed by atoms with van der Waals surface area (Å²) < 4.78 is 29.7. The molecule has 1 aromatic carbocycles. The second-order valence-corrected chi connectivity index (χ2v) is 16.7. The lowest BCUT2D eigenvalue weighted by molar-refractivity contribution is -0.151. The fraction of sp³-hybridized carbons (Fsp3) is 0.800. The third kappa shape index (κ3) is 11.2. The summed E-state index contributed by atoms with van der Waals surface area (Å²) in [7, 11) is 1.69. The molecule has 0 aliphatic carbocycles. The van der Waals surface area contributed by atoms with Gasteiger partial charge in [-0.05, 0) is 81.9 Å². The van der Waals surface area contributed by atoms with Crippen LogP contribution in [0.25, 0.3) is 0 Å².